The number of carbonyl (C=O) groups excluding carboxylic acids is 1. The maximum Gasteiger partial charge on any atom is 0.270 e. The molecule has 10 heteroatoms. The number of aromatic nitrogens is 1. The lowest BCUT2D eigenvalue weighted by Gasteiger charge is -2.37. The number of thiocarbonyl (C=S) groups is 1. The molecule has 1 amide bonds. The Bertz CT molecular complexity index is 1290. The Hall–Kier alpha value is -2.97. The average Bonchev–Trinajstić information content (AvgIpc) is 3.14. The zero-order valence-corrected chi connectivity index (χ0v) is 22.1. The molecule has 2 saturated heterocycles. The second kappa shape index (κ2) is 11.4. The highest BCUT2D eigenvalue weighted by Gasteiger charge is 2.33. The van der Waals surface area contributed by atoms with Gasteiger partial charge in [-0.3, -0.25) is 24.0 Å². The molecule has 4 rings (SSSR count). The molecular formula is C26H29N5O3S2. The summed E-state index contributed by atoms with van der Waals surface area (Å²) in [5.41, 5.74) is 2.01. The number of hydrogen-bond donors (Lipinski definition) is 1. The number of aliphatic hydroxyl groups excluding tert-OH is 1. The number of carbonyl (C=O) groups is 1. The van der Waals surface area contributed by atoms with Gasteiger partial charge in [0.25, 0.3) is 11.5 Å². The summed E-state index contributed by atoms with van der Waals surface area (Å²) in [4.78, 5) is 33.0. The molecule has 0 unspecified atom stereocenters. The number of β-amino-alcohol motifs (C(OH)–C–C–N with tert-alkyl or cyclic N) is 1. The van der Waals surface area contributed by atoms with Crippen molar-refractivity contribution >= 4 is 46.1 Å². The van der Waals surface area contributed by atoms with Crippen LogP contribution in [-0.2, 0) is 17.9 Å². The normalized spacial score (nSPS) is 17.8. The summed E-state index contributed by atoms with van der Waals surface area (Å²) >= 11 is 6.78. The topological polar surface area (TPSA) is 92.8 Å². The van der Waals surface area contributed by atoms with Crippen molar-refractivity contribution in [2.45, 2.75) is 26.9 Å². The number of aliphatic hydroxyl groups is 1. The van der Waals surface area contributed by atoms with Gasteiger partial charge in [0.1, 0.15) is 21.8 Å². The smallest absolute Gasteiger partial charge is 0.270 e. The Morgan fingerprint density at radius 2 is 1.86 bits per heavy atom. The minimum atomic E-state index is -0.320. The Balaban J connectivity index is 1.76. The van der Waals surface area contributed by atoms with Crippen molar-refractivity contribution < 1.29 is 9.90 Å². The largest absolute Gasteiger partial charge is 0.395 e. The first-order valence-corrected chi connectivity index (χ1v) is 13.2. The molecule has 188 valence electrons. The van der Waals surface area contributed by atoms with Crippen molar-refractivity contribution in [3.63, 3.8) is 0 Å². The SMILES string of the molecule is CCn1c(N2CCN(CCO)CC2)c(/C=C2\SC(=S)N(Cc3ccccc3)C2=O)c(C)c(C#N)c1=O. The maximum atomic E-state index is 13.4. The van der Waals surface area contributed by atoms with Gasteiger partial charge in [-0.1, -0.05) is 54.3 Å². The van der Waals surface area contributed by atoms with Crippen LogP contribution in [0.15, 0.2) is 40.0 Å². The molecule has 1 aromatic heterocycles. The van der Waals surface area contributed by atoms with Crippen molar-refractivity contribution in [1.29, 1.82) is 5.26 Å². The molecule has 0 bridgehead atoms. The van der Waals surface area contributed by atoms with E-state index in [2.05, 4.69) is 15.9 Å². The molecule has 36 heavy (non-hydrogen) atoms. The van der Waals surface area contributed by atoms with Gasteiger partial charge in [-0.15, -0.1) is 0 Å². The minimum absolute atomic E-state index is 0.0885. The van der Waals surface area contributed by atoms with Crippen LogP contribution in [0, 0.1) is 18.3 Å². The third-order valence-electron chi connectivity index (χ3n) is 6.58. The van der Waals surface area contributed by atoms with E-state index >= 15 is 0 Å². The van der Waals surface area contributed by atoms with E-state index in [9.17, 15) is 20.0 Å². The Kier molecular flexibility index (Phi) is 8.26. The monoisotopic (exact) mass is 523 g/mol. The molecule has 0 atom stereocenters. The number of thioether (sulfide) groups is 1. The van der Waals surface area contributed by atoms with Crippen LogP contribution < -0.4 is 10.5 Å². The van der Waals surface area contributed by atoms with E-state index in [4.69, 9.17) is 12.2 Å². The molecule has 0 aliphatic carbocycles. The van der Waals surface area contributed by atoms with Gasteiger partial charge in [0.15, 0.2) is 0 Å². The molecule has 0 saturated carbocycles. The van der Waals surface area contributed by atoms with Crippen molar-refractivity contribution in [3.8, 4) is 6.07 Å². The lowest BCUT2D eigenvalue weighted by Crippen LogP contribution is -2.49. The number of anilines is 1. The predicted octanol–water partition coefficient (Wildman–Crippen LogP) is 2.56. The zero-order chi connectivity index (χ0) is 25.8. The average molecular weight is 524 g/mol. The molecule has 0 radical (unpaired) electrons. The molecule has 0 spiro atoms. The quantitative estimate of drug-likeness (QED) is 0.437. The summed E-state index contributed by atoms with van der Waals surface area (Å²) in [5, 5.41) is 19.1. The minimum Gasteiger partial charge on any atom is -0.395 e. The van der Waals surface area contributed by atoms with Crippen LogP contribution >= 0.6 is 24.0 Å². The highest BCUT2D eigenvalue weighted by molar-refractivity contribution is 8.26. The van der Waals surface area contributed by atoms with Gasteiger partial charge in [0.2, 0.25) is 0 Å². The Morgan fingerprint density at radius 1 is 1.17 bits per heavy atom. The predicted molar refractivity (Wildman–Crippen MR) is 147 cm³/mol. The number of rotatable bonds is 7. The second-order valence-electron chi connectivity index (χ2n) is 8.70. The van der Waals surface area contributed by atoms with E-state index in [1.54, 1.807) is 22.5 Å². The molecule has 2 fully saturated rings. The van der Waals surface area contributed by atoms with Crippen LogP contribution in [0.4, 0.5) is 5.82 Å². The van der Waals surface area contributed by atoms with Crippen LogP contribution in [0.2, 0.25) is 0 Å². The fourth-order valence-corrected chi connectivity index (χ4v) is 5.87. The lowest BCUT2D eigenvalue weighted by molar-refractivity contribution is -0.122. The van der Waals surface area contributed by atoms with E-state index in [0.717, 1.165) is 24.5 Å². The summed E-state index contributed by atoms with van der Waals surface area (Å²) in [6.07, 6.45) is 1.79. The third kappa shape index (κ3) is 5.11. The van der Waals surface area contributed by atoms with E-state index in [1.807, 2.05) is 37.3 Å². The summed E-state index contributed by atoms with van der Waals surface area (Å²) in [6, 6.07) is 11.8. The Morgan fingerprint density at radius 3 is 2.47 bits per heavy atom. The van der Waals surface area contributed by atoms with Gasteiger partial charge in [-0.25, -0.2) is 0 Å². The first-order chi connectivity index (χ1) is 17.4. The molecule has 2 aliphatic rings. The van der Waals surface area contributed by atoms with Gasteiger partial charge in [-0.2, -0.15) is 5.26 Å². The summed E-state index contributed by atoms with van der Waals surface area (Å²) in [7, 11) is 0. The number of nitriles is 1. The maximum absolute atomic E-state index is 13.4. The van der Waals surface area contributed by atoms with Crippen LogP contribution in [0.1, 0.15) is 29.2 Å². The van der Waals surface area contributed by atoms with E-state index in [-0.39, 0.29) is 23.6 Å². The molecule has 2 aliphatic heterocycles. The molecular weight excluding hydrogens is 494 g/mol. The highest BCUT2D eigenvalue weighted by Crippen LogP contribution is 2.36. The third-order valence-corrected chi connectivity index (χ3v) is 7.96. The van der Waals surface area contributed by atoms with E-state index < -0.39 is 0 Å². The fourth-order valence-electron chi connectivity index (χ4n) is 4.64. The van der Waals surface area contributed by atoms with Crippen LogP contribution in [0.3, 0.4) is 0 Å². The molecule has 3 heterocycles. The second-order valence-corrected chi connectivity index (χ2v) is 10.4. The summed E-state index contributed by atoms with van der Waals surface area (Å²) in [5.74, 6) is 0.538. The van der Waals surface area contributed by atoms with Crippen molar-refractivity contribution in [3.05, 3.63) is 67.8 Å². The zero-order valence-electron chi connectivity index (χ0n) is 20.4. The lowest BCUT2D eigenvalue weighted by atomic mass is 10.0. The number of benzene rings is 1. The van der Waals surface area contributed by atoms with Gasteiger partial charge >= 0.3 is 0 Å². The van der Waals surface area contributed by atoms with E-state index in [0.29, 0.717) is 53.1 Å². The number of hydrogen-bond acceptors (Lipinski definition) is 8. The van der Waals surface area contributed by atoms with Crippen LogP contribution in [0.5, 0.6) is 0 Å². The summed E-state index contributed by atoms with van der Waals surface area (Å²) < 4.78 is 2.11. The van der Waals surface area contributed by atoms with Crippen molar-refractivity contribution in [2.24, 2.45) is 0 Å². The highest BCUT2D eigenvalue weighted by atomic mass is 32.2. The Labute approximate surface area is 220 Å². The van der Waals surface area contributed by atoms with Gasteiger partial charge < -0.3 is 10.0 Å². The standard InChI is InChI=1S/C26H29N5O3S2/c1-3-30-23(29-11-9-28(10-12-29)13-14-32)20(18(2)21(16-27)24(30)33)15-22-25(34)31(26(35)36-22)17-19-7-5-4-6-8-19/h4-8,15,32H,3,9-14,17H2,1-2H3/b22-15-. The van der Waals surface area contributed by atoms with Crippen molar-refractivity contribution in [1.82, 2.24) is 14.4 Å². The van der Waals surface area contributed by atoms with E-state index in [1.165, 1.54) is 11.8 Å². The first kappa shape index (κ1) is 26.1. The number of amides is 1. The van der Waals surface area contributed by atoms with Crippen LogP contribution in [-0.4, -0.2) is 69.0 Å². The molecule has 2 aromatic rings. The molecule has 8 nitrogen and oxygen atoms in total. The number of piperazine rings is 1. The fraction of sp³-hybridized carbons (Fsp3) is 0.385. The number of nitrogens with zero attached hydrogens (tertiary/aromatic N) is 5. The van der Waals surface area contributed by atoms with Crippen molar-refractivity contribution in [2.75, 3.05) is 44.2 Å². The van der Waals surface area contributed by atoms with Gasteiger partial charge in [0, 0.05) is 44.8 Å². The van der Waals surface area contributed by atoms with Gasteiger partial charge in [0.05, 0.1) is 18.1 Å². The molecule has 1 aromatic carbocycles. The van der Waals surface area contributed by atoms with Crippen LogP contribution in [0.25, 0.3) is 6.08 Å². The summed E-state index contributed by atoms with van der Waals surface area (Å²) in [6.45, 7) is 7.97. The number of pyridine rings is 1. The molecule has 1 N–H and O–H groups in total. The van der Waals surface area contributed by atoms with Gasteiger partial charge in [-0.05, 0) is 31.1 Å². The first-order valence-electron chi connectivity index (χ1n) is 11.9.